The Kier molecular flexibility index (Phi) is 7.77. The molecule has 1 aromatic carbocycles. The van der Waals surface area contributed by atoms with E-state index in [4.69, 9.17) is 0 Å². The molecule has 1 unspecified atom stereocenters. The highest BCUT2D eigenvalue weighted by Gasteiger charge is 2.34. The van der Waals surface area contributed by atoms with Crippen molar-refractivity contribution in [3.05, 3.63) is 42.0 Å². The van der Waals surface area contributed by atoms with E-state index in [1.807, 2.05) is 19.1 Å². The van der Waals surface area contributed by atoms with E-state index in [1.54, 1.807) is 17.3 Å². The van der Waals surface area contributed by atoms with Crippen LogP contribution in [0.1, 0.15) is 36.8 Å². The predicted molar refractivity (Wildman–Crippen MR) is 108 cm³/mol. The van der Waals surface area contributed by atoms with Gasteiger partial charge in [0.1, 0.15) is 0 Å². The maximum absolute atomic E-state index is 13.3. The van der Waals surface area contributed by atoms with E-state index < -0.39 is 21.8 Å². The number of hydrogen-bond donors (Lipinski definition) is 2. The van der Waals surface area contributed by atoms with E-state index in [1.165, 1.54) is 6.08 Å². The van der Waals surface area contributed by atoms with Crippen LogP contribution in [-0.4, -0.2) is 50.2 Å². The fourth-order valence-corrected chi connectivity index (χ4v) is 5.40. The number of sulfonamides is 1. The number of rotatable bonds is 7. The molecule has 1 atom stereocenters. The van der Waals surface area contributed by atoms with Crippen LogP contribution in [0.3, 0.4) is 0 Å². The lowest BCUT2D eigenvalue weighted by Gasteiger charge is -2.35. The van der Waals surface area contributed by atoms with Gasteiger partial charge in [0.15, 0.2) is 0 Å². The van der Waals surface area contributed by atoms with Crippen molar-refractivity contribution in [3.63, 3.8) is 0 Å². The van der Waals surface area contributed by atoms with Gasteiger partial charge in [0.2, 0.25) is 10.0 Å². The largest absolute Gasteiger partial charge is 0.348 e. The smallest absolute Gasteiger partial charge is 0.309 e. The van der Waals surface area contributed by atoms with Crippen molar-refractivity contribution in [2.45, 2.75) is 50.5 Å². The Morgan fingerprint density at radius 3 is 2.64 bits per heavy atom. The molecular weight excluding hydrogens is 378 g/mol. The molecule has 1 heterocycles. The lowest BCUT2D eigenvalue weighted by molar-refractivity contribution is -0.139. The van der Waals surface area contributed by atoms with Crippen LogP contribution in [0, 0.1) is 13.8 Å². The van der Waals surface area contributed by atoms with Gasteiger partial charge >= 0.3 is 11.8 Å². The summed E-state index contributed by atoms with van der Waals surface area (Å²) in [5.74, 6) is -1.44. The summed E-state index contributed by atoms with van der Waals surface area (Å²) in [5.41, 5.74) is 1.62. The van der Waals surface area contributed by atoms with Crippen LogP contribution < -0.4 is 10.6 Å². The molecule has 2 rings (SSSR count). The molecule has 7 nitrogen and oxygen atoms in total. The van der Waals surface area contributed by atoms with Crippen molar-refractivity contribution >= 4 is 21.8 Å². The maximum atomic E-state index is 13.3. The average Bonchev–Trinajstić information content (AvgIpc) is 2.68. The summed E-state index contributed by atoms with van der Waals surface area (Å²) in [6, 6.07) is 5.23. The van der Waals surface area contributed by atoms with Gasteiger partial charge in [-0.05, 0) is 50.3 Å². The number of carbonyl (C=O) groups excluding carboxylic acids is 2. The first-order chi connectivity index (χ1) is 13.3. The van der Waals surface area contributed by atoms with E-state index in [2.05, 4.69) is 17.2 Å². The van der Waals surface area contributed by atoms with Gasteiger partial charge in [0, 0.05) is 25.7 Å². The number of hydrogen-bond acceptors (Lipinski definition) is 4. The van der Waals surface area contributed by atoms with Crippen LogP contribution in [0.25, 0.3) is 0 Å². The molecule has 8 heteroatoms. The molecule has 0 bridgehead atoms. The Bertz CT molecular complexity index is 836. The minimum atomic E-state index is -3.61. The zero-order valence-corrected chi connectivity index (χ0v) is 17.3. The number of aryl methyl sites for hydroxylation is 2. The third-order valence-corrected chi connectivity index (χ3v) is 6.97. The van der Waals surface area contributed by atoms with E-state index >= 15 is 0 Å². The minimum absolute atomic E-state index is 0.199. The van der Waals surface area contributed by atoms with Gasteiger partial charge in [-0.25, -0.2) is 8.42 Å². The average molecular weight is 408 g/mol. The highest BCUT2D eigenvalue weighted by atomic mass is 32.2. The standard InChI is InChI=1S/C20H29N3O4S/c1-4-11-21-19(24)20(25)22-12-10-17-7-5-6-13-23(17)28(26,27)18-14-15(2)8-9-16(18)3/h4,8-9,14,17H,1,5-7,10-13H2,2-3H3,(H,21,24)(H,22,25). The zero-order valence-electron chi connectivity index (χ0n) is 16.5. The highest BCUT2D eigenvalue weighted by molar-refractivity contribution is 7.89. The van der Waals surface area contributed by atoms with Crippen LogP contribution in [0.4, 0.5) is 0 Å². The molecule has 1 fully saturated rings. The third-order valence-electron chi connectivity index (χ3n) is 4.88. The first-order valence-corrected chi connectivity index (χ1v) is 11.0. The van der Waals surface area contributed by atoms with Crippen LogP contribution >= 0.6 is 0 Å². The monoisotopic (exact) mass is 407 g/mol. The quantitative estimate of drug-likeness (QED) is 0.531. The molecule has 0 aliphatic carbocycles. The summed E-state index contributed by atoms with van der Waals surface area (Å²) in [6.07, 6.45) is 4.45. The summed E-state index contributed by atoms with van der Waals surface area (Å²) in [7, 11) is -3.61. The molecule has 2 amide bonds. The van der Waals surface area contributed by atoms with Gasteiger partial charge in [-0.1, -0.05) is 24.6 Å². The Labute approximate surface area is 167 Å². The van der Waals surface area contributed by atoms with Crippen LogP contribution in [0.5, 0.6) is 0 Å². The molecule has 2 N–H and O–H groups in total. The second-order valence-corrected chi connectivity index (χ2v) is 8.94. The summed E-state index contributed by atoms with van der Waals surface area (Å²) in [4.78, 5) is 23.7. The van der Waals surface area contributed by atoms with Crippen molar-refractivity contribution in [1.82, 2.24) is 14.9 Å². The topological polar surface area (TPSA) is 95.6 Å². The molecule has 1 aromatic rings. The van der Waals surface area contributed by atoms with Gasteiger partial charge in [0.25, 0.3) is 0 Å². The normalized spacial score (nSPS) is 17.7. The fraction of sp³-hybridized carbons (Fsp3) is 0.500. The van der Waals surface area contributed by atoms with Crippen LogP contribution in [0.15, 0.2) is 35.7 Å². The third kappa shape index (κ3) is 5.42. The van der Waals surface area contributed by atoms with Crippen molar-refractivity contribution in [3.8, 4) is 0 Å². The van der Waals surface area contributed by atoms with Crippen molar-refractivity contribution < 1.29 is 18.0 Å². The van der Waals surface area contributed by atoms with E-state index in [0.717, 1.165) is 30.4 Å². The van der Waals surface area contributed by atoms with E-state index in [9.17, 15) is 18.0 Å². The van der Waals surface area contributed by atoms with Crippen molar-refractivity contribution in [2.24, 2.45) is 0 Å². The molecule has 0 aromatic heterocycles. The summed E-state index contributed by atoms with van der Waals surface area (Å²) >= 11 is 0. The molecule has 1 saturated heterocycles. The second kappa shape index (κ2) is 9.84. The second-order valence-electron chi connectivity index (χ2n) is 7.08. The fourth-order valence-electron chi connectivity index (χ4n) is 3.37. The van der Waals surface area contributed by atoms with E-state index in [0.29, 0.717) is 17.9 Å². The SMILES string of the molecule is C=CCNC(=O)C(=O)NCCC1CCCCN1S(=O)(=O)c1cc(C)ccc1C. The Hall–Kier alpha value is -2.19. The molecule has 1 aliphatic rings. The zero-order chi connectivity index (χ0) is 20.7. The van der Waals surface area contributed by atoms with Gasteiger partial charge in [-0.15, -0.1) is 6.58 Å². The van der Waals surface area contributed by atoms with Gasteiger partial charge in [-0.2, -0.15) is 4.31 Å². The maximum Gasteiger partial charge on any atom is 0.309 e. The minimum Gasteiger partial charge on any atom is -0.348 e. The Morgan fingerprint density at radius 2 is 1.93 bits per heavy atom. The Morgan fingerprint density at radius 1 is 1.21 bits per heavy atom. The molecule has 1 aliphatic heterocycles. The highest BCUT2D eigenvalue weighted by Crippen LogP contribution is 2.29. The van der Waals surface area contributed by atoms with Gasteiger partial charge < -0.3 is 10.6 Å². The first-order valence-electron chi connectivity index (χ1n) is 9.53. The molecule has 154 valence electrons. The number of benzene rings is 1. The summed E-state index contributed by atoms with van der Waals surface area (Å²) in [6.45, 7) is 8.07. The summed E-state index contributed by atoms with van der Waals surface area (Å²) < 4.78 is 28.1. The van der Waals surface area contributed by atoms with Crippen molar-refractivity contribution in [1.29, 1.82) is 0 Å². The summed E-state index contributed by atoms with van der Waals surface area (Å²) in [5, 5.41) is 4.98. The Balaban J connectivity index is 2.05. The number of carbonyl (C=O) groups is 2. The molecular formula is C20H29N3O4S. The molecule has 0 saturated carbocycles. The van der Waals surface area contributed by atoms with Gasteiger partial charge in [-0.3, -0.25) is 9.59 Å². The first kappa shape index (κ1) is 22.1. The number of piperidine rings is 1. The lowest BCUT2D eigenvalue weighted by Crippen LogP contribution is -2.46. The van der Waals surface area contributed by atoms with Crippen molar-refractivity contribution in [2.75, 3.05) is 19.6 Å². The predicted octanol–water partition coefficient (Wildman–Crippen LogP) is 1.66. The number of nitrogens with zero attached hydrogens (tertiary/aromatic N) is 1. The number of amides is 2. The number of nitrogens with one attached hydrogen (secondary N) is 2. The van der Waals surface area contributed by atoms with Gasteiger partial charge in [0.05, 0.1) is 4.90 Å². The van der Waals surface area contributed by atoms with E-state index in [-0.39, 0.29) is 19.1 Å². The lowest BCUT2D eigenvalue weighted by atomic mass is 10.0. The van der Waals surface area contributed by atoms with Crippen LogP contribution in [-0.2, 0) is 19.6 Å². The molecule has 0 spiro atoms. The van der Waals surface area contributed by atoms with Crippen LogP contribution in [0.2, 0.25) is 0 Å². The molecule has 28 heavy (non-hydrogen) atoms. The molecule has 0 radical (unpaired) electrons.